The SMILES string of the molecule is CC(C)OC(=O)N[C@H]1CC[C@H](c2nccs2)OC1. The van der Waals surface area contributed by atoms with Gasteiger partial charge in [-0.05, 0) is 26.7 Å². The van der Waals surface area contributed by atoms with Crippen LogP contribution in [0.1, 0.15) is 37.8 Å². The Morgan fingerprint density at radius 2 is 2.44 bits per heavy atom. The summed E-state index contributed by atoms with van der Waals surface area (Å²) in [6, 6.07) is 0.0347. The van der Waals surface area contributed by atoms with Gasteiger partial charge in [0.15, 0.2) is 0 Å². The number of carbonyl (C=O) groups is 1. The molecular weight excluding hydrogens is 252 g/mol. The van der Waals surface area contributed by atoms with Crippen LogP contribution in [0.2, 0.25) is 0 Å². The second-order valence-electron chi connectivity index (χ2n) is 4.56. The van der Waals surface area contributed by atoms with E-state index in [-0.39, 0.29) is 24.3 Å². The normalized spacial score (nSPS) is 23.9. The molecule has 1 aromatic heterocycles. The van der Waals surface area contributed by atoms with Gasteiger partial charge in [-0.2, -0.15) is 0 Å². The average Bonchev–Trinajstić information content (AvgIpc) is 2.82. The molecule has 0 spiro atoms. The second kappa shape index (κ2) is 6.15. The quantitative estimate of drug-likeness (QED) is 0.916. The van der Waals surface area contributed by atoms with Crippen molar-refractivity contribution in [3.63, 3.8) is 0 Å². The van der Waals surface area contributed by atoms with Crippen molar-refractivity contribution in [3.8, 4) is 0 Å². The van der Waals surface area contributed by atoms with Gasteiger partial charge in [-0.25, -0.2) is 9.78 Å². The molecule has 1 N–H and O–H groups in total. The minimum Gasteiger partial charge on any atom is -0.447 e. The number of ether oxygens (including phenoxy) is 2. The molecule has 0 bridgehead atoms. The number of hydrogen-bond acceptors (Lipinski definition) is 5. The van der Waals surface area contributed by atoms with Crippen molar-refractivity contribution in [2.75, 3.05) is 6.61 Å². The fourth-order valence-electron chi connectivity index (χ4n) is 1.87. The Labute approximate surface area is 111 Å². The Hall–Kier alpha value is -1.14. The Bertz CT molecular complexity index is 373. The largest absolute Gasteiger partial charge is 0.447 e. The fraction of sp³-hybridized carbons (Fsp3) is 0.667. The van der Waals surface area contributed by atoms with Crippen molar-refractivity contribution in [2.45, 2.75) is 44.9 Å². The van der Waals surface area contributed by atoms with Gasteiger partial charge in [-0.15, -0.1) is 11.3 Å². The number of aromatic nitrogens is 1. The summed E-state index contributed by atoms with van der Waals surface area (Å²) >= 11 is 1.60. The number of thiazole rings is 1. The zero-order valence-electron chi connectivity index (χ0n) is 10.6. The molecule has 1 amide bonds. The summed E-state index contributed by atoms with van der Waals surface area (Å²) in [5.41, 5.74) is 0. The third-order valence-corrected chi connectivity index (χ3v) is 3.54. The highest BCUT2D eigenvalue weighted by Crippen LogP contribution is 2.29. The molecule has 0 aromatic carbocycles. The van der Waals surface area contributed by atoms with E-state index in [9.17, 15) is 4.79 Å². The Morgan fingerprint density at radius 3 is 3.00 bits per heavy atom. The van der Waals surface area contributed by atoms with Crippen LogP contribution in [0.15, 0.2) is 11.6 Å². The van der Waals surface area contributed by atoms with Gasteiger partial charge < -0.3 is 14.8 Å². The van der Waals surface area contributed by atoms with Gasteiger partial charge in [0.25, 0.3) is 0 Å². The van der Waals surface area contributed by atoms with Crippen molar-refractivity contribution in [2.24, 2.45) is 0 Å². The lowest BCUT2D eigenvalue weighted by atomic mass is 10.1. The van der Waals surface area contributed by atoms with E-state index in [4.69, 9.17) is 9.47 Å². The van der Waals surface area contributed by atoms with Crippen molar-refractivity contribution >= 4 is 17.4 Å². The minimum absolute atomic E-state index is 0.0347. The van der Waals surface area contributed by atoms with Gasteiger partial charge in [0.2, 0.25) is 0 Å². The summed E-state index contributed by atoms with van der Waals surface area (Å²) in [7, 11) is 0. The molecule has 1 aliphatic heterocycles. The van der Waals surface area contributed by atoms with E-state index in [1.165, 1.54) is 0 Å². The average molecular weight is 270 g/mol. The summed E-state index contributed by atoms with van der Waals surface area (Å²) in [4.78, 5) is 15.7. The van der Waals surface area contributed by atoms with Gasteiger partial charge in [-0.3, -0.25) is 0 Å². The highest BCUT2D eigenvalue weighted by atomic mass is 32.1. The van der Waals surface area contributed by atoms with Crippen LogP contribution in [-0.2, 0) is 9.47 Å². The van der Waals surface area contributed by atoms with E-state index in [1.54, 1.807) is 17.5 Å². The minimum atomic E-state index is -0.369. The molecule has 6 heteroatoms. The first-order chi connectivity index (χ1) is 8.65. The smallest absolute Gasteiger partial charge is 0.407 e. The van der Waals surface area contributed by atoms with E-state index >= 15 is 0 Å². The zero-order valence-corrected chi connectivity index (χ0v) is 11.4. The summed E-state index contributed by atoms with van der Waals surface area (Å²) in [6.45, 7) is 4.17. The molecule has 2 rings (SSSR count). The Balaban J connectivity index is 1.75. The third kappa shape index (κ3) is 3.68. The third-order valence-electron chi connectivity index (χ3n) is 2.67. The van der Waals surface area contributed by atoms with Gasteiger partial charge in [0.05, 0.1) is 18.8 Å². The van der Waals surface area contributed by atoms with Crippen molar-refractivity contribution in [1.29, 1.82) is 0 Å². The summed E-state index contributed by atoms with van der Waals surface area (Å²) < 4.78 is 10.8. The molecule has 0 radical (unpaired) electrons. The van der Waals surface area contributed by atoms with Crippen molar-refractivity contribution < 1.29 is 14.3 Å². The molecule has 0 unspecified atom stereocenters. The van der Waals surface area contributed by atoms with E-state index < -0.39 is 0 Å². The van der Waals surface area contributed by atoms with E-state index in [0.717, 1.165) is 17.8 Å². The maximum absolute atomic E-state index is 11.4. The lowest BCUT2D eigenvalue weighted by molar-refractivity contribution is -0.00533. The molecule has 18 heavy (non-hydrogen) atoms. The molecular formula is C12H18N2O3S. The topological polar surface area (TPSA) is 60.5 Å². The van der Waals surface area contributed by atoms with Crippen LogP contribution in [0, 0.1) is 0 Å². The van der Waals surface area contributed by atoms with Gasteiger partial charge >= 0.3 is 6.09 Å². The molecule has 0 aliphatic carbocycles. The van der Waals surface area contributed by atoms with Gasteiger partial charge in [0.1, 0.15) is 11.1 Å². The first-order valence-electron chi connectivity index (χ1n) is 6.13. The summed E-state index contributed by atoms with van der Waals surface area (Å²) in [6.07, 6.45) is 3.15. The van der Waals surface area contributed by atoms with Crippen LogP contribution >= 0.6 is 11.3 Å². The number of carbonyl (C=O) groups excluding carboxylic acids is 1. The molecule has 1 saturated heterocycles. The lowest BCUT2D eigenvalue weighted by Crippen LogP contribution is -2.42. The van der Waals surface area contributed by atoms with E-state index in [0.29, 0.717) is 6.61 Å². The standard InChI is InChI=1S/C12H18N2O3S/c1-8(2)17-12(15)14-9-3-4-10(16-7-9)11-13-5-6-18-11/h5-6,8-10H,3-4,7H2,1-2H3,(H,14,15)/t9-,10+/m0/s1. The van der Waals surface area contributed by atoms with E-state index in [1.807, 2.05) is 19.2 Å². The highest BCUT2D eigenvalue weighted by molar-refractivity contribution is 7.09. The van der Waals surface area contributed by atoms with Crippen LogP contribution < -0.4 is 5.32 Å². The number of nitrogens with zero attached hydrogens (tertiary/aromatic N) is 1. The molecule has 1 aromatic rings. The lowest BCUT2D eigenvalue weighted by Gasteiger charge is -2.28. The number of nitrogens with one attached hydrogen (secondary N) is 1. The molecule has 1 fully saturated rings. The maximum atomic E-state index is 11.4. The van der Waals surface area contributed by atoms with Gasteiger partial charge in [-0.1, -0.05) is 0 Å². The Kier molecular flexibility index (Phi) is 4.54. The molecule has 0 saturated carbocycles. The number of amides is 1. The zero-order chi connectivity index (χ0) is 13.0. The predicted molar refractivity (Wildman–Crippen MR) is 68.6 cm³/mol. The first kappa shape index (κ1) is 13.3. The Morgan fingerprint density at radius 1 is 1.61 bits per heavy atom. The summed E-state index contributed by atoms with van der Waals surface area (Å²) in [5, 5.41) is 5.77. The second-order valence-corrected chi connectivity index (χ2v) is 5.49. The van der Waals surface area contributed by atoms with E-state index in [2.05, 4.69) is 10.3 Å². The molecule has 2 heterocycles. The van der Waals surface area contributed by atoms with Crippen molar-refractivity contribution in [1.82, 2.24) is 10.3 Å². The van der Waals surface area contributed by atoms with Crippen LogP contribution in [0.25, 0.3) is 0 Å². The molecule has 1 aliphatic rings. The van der Waals surface area contributed by atoms with Crippen molar-refractivity contribution in [3.05, 3.63) is 16.6 Å². The predicted octanol–water partition coefficient (Wildman–Crippen LogP) is 2.50. The number of alkyl carbamates (subject to hydrolysis) is 1. The van der Waals surface area contributed by atoms with Crippen LogP contribution in [0.5, 0.6) is 0 Å². The monoisotopic (exact) mass is 270 g/mol. The highest BCUT2D eigenvalue weighted by Gasteiger charge is 2.25. The van der Waals surface area contributed by atoms with Crippen LogP contribution in [-0.4, -0.2) is 29.8 Å². The molecule has 100 valence electrons. The number of hydrogen-bond donors (Lipinski definition) is 1. The number of rotatable bonds is 3. The fourth-order valence-corrected chi connectivity index (χ4v) is 2.59. The van der Waals surface area contributed by atoms with Crippen LogP contribution in [0.3, 0.4) is 0 Å². The van der Waals surface area contributed by atoms with Crippen LogP contribution in [0.4, 0.5) is 4.79 Å². The summed E-state index contributed by atoms with van der Waals surface area (Å²) in [5.74, 6) is 0. The molecule has 2 atom stereocenters. The van der Waals surface area contributed by atoms with Gasteiger partial charge in [0, 0.05) is 11.6 Å². The maximum Gasteiger partial charge on any atom is 0.407 e. The molecule has 5 nitrogen and oxygen atoms in total. The first-order valence-corrected chi connectivity index (χ1v) is 7.01.